The Morgan fingerprint density at radius 2 is 1.96 bits per heavy atom. The molecule has 4 nitrogen and oxygen atoms in total. The van der Waals surface area contributed by atoms with Crippen molar-refractivity contribution in [2.24, 2.45) is 0 Å². The molecule has 0 fully saturated rings. The van der Waals surface area contributed by atoms with E-state index in [2.05, 4.69) is 16.2 Å². The third-order valence-corrected chi connectivity index (χ3v) is 5.11. The molecule has 0 aliphatic carbocycles. The minimum atomic E-state index is -2.89. The van der Waals surface area contributed by atoms with Gasteiger partial charge in [-0.15, -0.1) is 11.3 Å². The van der Waals surface area contributed by atoms with E-state index in [4.69, 9.17) is 5.26 Å². The van der Waals surface area contributed by atoms with Crippen LogP contribution >= 0.6 is 11.3 Å². The van der Waals surface area contributed by atoms with Crippen LogP contribution in [0.15, 0.2) is 48.8 Å². The van der Waals surface area contributed by atoms with Gasteiger partial charge < -0.3 is 0 Å². The van der Waals surface area contributed by atoms with Crippen molar-refractivity contribution in [1.29, 1.82) is 5.26 Å². The van der Waals surface area contributed by atoms with Gasteiger partial charge in [-0.1, -0.05) is 6.07 Å². The lowest BCUT2D eigenvalue weighted by Crippen LogP contribution is -2.00. The Balaban J connectivity index is 1.74. The second-order valence-electron chi connectivity index (χ2n) is 5.85. The molecule has 8 heteroatoms. The molecule has 0 atom stereocenters. The van der Waals surface area contributed by atoms with Gasteiger partial charge in [0.05, 0.1) is 23.8 Å². The minimum Gasteiger partial charge on any atom is -0.258 e. The van der Waals surface area contributed by atoms with Crippen molar-refractivity contribution in [1.82, 2.24) is 14.8 Å². The number of benzene rings is 1. The molecule has 1 aromatic carbocycles. The van der Waals surface area contributed by atoms with Gasteiger partial charge in [-0.2, -0.15) is 10.4 Å². The van der Waals surface area contributed by atoms with Crippen LogP contribution in [-0.4, -0.2) is 14.8 Å². The summed E-state index contributed by atoms with van der Waals surface area (Å²) in [4.78, 5) is 5.90. The zero-order valence-electron chi connectivity index (χ0n) is 13.7. The first-order chi connectivity index (χ1) is 13.0. The molecule has 4 rings (SSSR count). The highest BCUT2D eigenvalue weighted by molar-refractivity contribution is 7.12. The summed E-state index contributed by atoms with van der Waals surface area (Å²) in [6.45, 7) is 0.465. The number of fused-ring (bicyclic) bond motifs is 1. The standard InChI is InChI=1S/C19H11F3N4S/c20-16-4-1-11(5-15(16)19(21)22)12-6-18-17(24-8-12)9-25-26(18)10-14-3-2-13(7-23)27-14/h1-6,8-9,19H,10H2. The maximum Gasteiger partial charge on any atom is 0.266 e. The van der Waals surface area contributed by atoms with Crippen molar-refractivity contribution in [3.8, 4) is 17.2 Å². The molecule has 0 N–H and O–H groups in total. The molecular formula is C19H11F3N4S. The minimum absolute atomic E-state index is 0.455. The first kappa shape index (κ1) is 17.2. The fourth-order valence-corrected chi connectivity index (χ4v) is 3.59. The number of aromatic nitrogens is 3. The summed E-state index contributed by atoms with van der Waals surface area (Å²) >= 11 is 1.38. The number of thiophene rings is 1. The normalized spacial score (nSPS) is 11.2. The van der Waals surface area contributed by atoms with Crippen LogP contribution in [0.5, 0.6) is 0 Å². The van der Waals surface area contributed by atoms with Crippen LogP contribution < -0.4 is 0 Å². The van der Waals surface area contributed by atoms with Crippen LogP contribution in [0, 0.1) is 17.1 Å². The second kappa shape index (κ2) is 6.85. The Morgan fingerprint density at radius 3 is 2.70 bits per heavy atom. The van der Waals surface area contributed by atoms with Gasteiger partial charge in [-0.3, -0.25) is 9.67 Å². The molecule has 0 saturated carbocycles. The predicted molar refractivity (Wildman–Crippen MR) is 96.0 cm³/mol. The molecule has 0 saturated heterocycles. The summed E-state index contributed by atoms with van der Waals surface area (Å²) in [5.74, 6) is -0.932. The Labute approximate surface area is 156 Å². The van der Waals surface area contributed by atoms with Crippen LogP contribution in [0.4, 0.5) is 13.2 Å². The van der Waals surface area contributed by atoms with Gasteiger partial charge in [0, 0.05) is 16.6 Å². The van der Waals surface area contributed by atoms with Crippen molar-refractivity contribution in [2.45, 2.75) is 13.0 Å². The van der Waals surface area contributed by atoms with Crippen molar-refractivity contribution in [2.75, 3.05) is 0 Å². The zero-order valence-corrected chi connectivity index (χ0v) is 14.6. The number of nitrogens with zero attached hydrogens (tertiary/aromatic N) is 4. The zero-order chi connectivity index (χ0) is 19.0. The molecule has 3 aromatic heterocycles. The van der Waals surface area contributed by atoms with E-state index in [9.17, 15) is 13.2 Å². The smallest absolute Gasteiger partial charge is 0.258 e. The second-order valence-corrected chi connectivity index (χ2v) is 7.01. The van der Waals surface area contributed by atoms with Crippen molar-refractivity contribution >= 4 is 22.4 Å². The summed E-state index contributed by atoms with van der Waals surface area (Å²) in [5.41, 5.74) is 1.80. The molecule has 0 aliphatic heterocycles. The van der Waals surface area contributed by atoms with Crippen LogP contribution in [-0.2, 0) is 6.54 Å². The molecular weight excluding hydrogens is 373 g/mol. The van der Waals surface area contributed by atoms with E-state index in [1.54, 1.807) is 29.2 Å². The van der Waals surface area contributed by atoms with Crippen LogP contribution in [0.1, 0.15) is 21.7 Å². The molecule has 0 amide bonds. The van der Waals surface area contributed by atoms with E-state index in [0.29, 0.717) is 28.1 Å². The summed E-state index contributed by atoms with van der Waals surface area (Å²) in [6.07, 6.45) is 0.281. The lowest BCUT2D eigenvalue weighted by atomic mass is 10.0. The van der Waals surface area contributed by atoms with Crippen molar-refractivity contribution < 1.29 is 13.2 Å². The van der Waals surface area contributed by atoms with E-state index < -0.39 is 17.8 Å². The average Bonchev–Trinajstić information content (AvgIpc) is 3.29. The van der Waals surface area contributed by atoms with Gasteiger partial charge in [-0.25, -0.2) is 13.2 Å². The summed E-state index contributed by atoms with van der Waals surface area (Å²) in [6, 6.07) is 11.1. The van der Waals surface area contributed by atoms with Crippen LogP contribution in [0.25, 0.3) is 22.2 Å². The molecule has 3 heterocycles. The molecule has 134 valence electrons. The van der Waals surface area contributed by atoms with Gasteiger partial charge in [-0.05, 0) is 35.9 Å². The van der Waals surface area contributed by atoms with E-state index in [-0.39, 0.29) is 0 Å². The lowest BCUT2D eigenvalue weighted by Gasteiger charge is -2.07. The highest BCUT2D eigenvalue weighted by Gasteiger charge is 2.15. The number of alkyl halides is 2. The SMILES string of the molecule is N#Cc1ccc(Cn2ncc3ncc(-c4ccc(F)c(C(F)F)c4)cc32)s1. The Morgan fingerprint density at radius 1 is 1.11 bits per heavy atom. The molecule has 0 spiro atoms. The van der Waals surface area contributed by atoms with Crippen molar-refractivity contribution in [3.63, 3.8) is 0 Å². The Bertz CT molecular complexity index is 1170. The highest BCUT2D eigenvalue weighted by Crippen LogP contribution is 2.29. The number of nitriles is 1. The number of pyridine rings is 1. The largest absolute Gasteiger partial charge is 0.266 e. The fraction of sp³-hybridized carbons (Fsp3) is 0.105. The van der Waals surface area contributed by atoms with Gasteiger partial charge in [0.2, 0.25) is 0 Å². The highest BCUT2D eigenvalue weighted by atomic mass is 32.1. The molecule has 0 unspecified atom stereocenters. The average molecular weight is 384 g/mol. The molecule has 27 heavy (non-hydrogen) atoms. The quantitative estimate of drug-likeness (QED) is 0.489. The maximum atomic E-state index is 13.5. The summed E-state index contributed by atoms with van der Waals surface area (Å²) < 4.78 is 41.2. The Hall–Kier alpha value is -3.18. The lowest BCUT2D eigenvalue weighted by molar-refractivity contribution is 0.146. The fourth-order valence-electron chi connectivity index (χ4n) is 2.80. The molecule has 0 bridgehead atoms. The first-order valence-electron chi connectivity index (χ1n) is 7.93. The Kier molecular flexibility index (Phi) is 4.38. The van der Waals surface area contributed by atoms with Gasteiger partial charge in [0.25, 0.3) is 6.43 Å². The van der Waals surface area contributed by atoms with E-state index >= 15 is 0 Å². The van der Waals surface area contributed by atoms with Gasteiger partial charge in [0.1, 0.15) is 22.3 Å². The van der Waals surface area contributed by atoms with E-state index in [1.807, 2.05) is 6.07 Å². The predicted octanol–water partition coefficient (Wildman–Crippen LogP) is 5.16. The van der Waals surface area contributed by atoms with E-state index in [1.165, 1.54) is 17.4 Å². The summed E-state index contributed by atoms with van der Waals surface area (Å²) in [5, 5.41) is 13.3. The summed E-state index contributed by atoms with van der Waals surface area (Å²) in [7, 11) is 0. The number of rotatable bonds is 4. The monoisotopic (exact) mass is 384 g/mol. The maximum absolute atomic E-state index is 13.5. The van der Waals surface area contributed by atoms with E-state index in [0.717, 1.165) is 22.5 Å². The molecule has 0 radical (unpaired) electrons. The third kappa shape index (κ3) is 3.29. The number of halogens is 3. The van der Waals surface area contributed by atoms with Gasteiger partial charge >= 0.3 is 0 Å². The van der Waals surface area contributed by atoms with Crippen LogP contribution in [0.3, 0.4) is 0 Å². The number of hydrogen-bond acceptors (Lipinski definition) is 4. The third-order valence-electron chi connectivity index (χ3n) is 4.14. The topological polar surface area (TPSA) is 54.5 Å². The van der Waals surface area contributed by atoms with Gasteiger partial charge in [0.15, 0.2) is 0 Å². The molecule has 0 aliphatic rings. The molecule has 4 aromatic rings. The van der Waals surface area contributed by atoms with Crippen molar-refractivity contribution in [3.05, 3.63) is 69.9 Å². The first-order valence-corrected chi connectivity index (χ1v) is 8.75. The number of hydrogen-bond donors (Lipinski definition) is 0. The van der Waals surface area contributed by atoms with Crippen LogP contribution in [0.2, 0.25) is 0 Å².